The van der Waals surface area contributed by atoms with Gasteiger partial charge < -0.3 is 10.2 Å². The molecule has 6 heteroatoms. The lowest BCUT2D eigenvalue weighted by atomic mass is 9.53. The Bertz CT molecular complexity index is 768. The smallest absolute Gasteiger partial charge is 0.254 e. The molecule has 0 radical (unpaired) electrons. The maximum atomic E-state index is 13.3. The van der Waals surface area contributed by atoms with Crippen LogP contribution in [0.4, 0.5) is 8.78 Å². The van der Waals surface area contributed by atoms with Gasteiger partial charge in [0.15, 0.2) is 11.6 Å². The van der Waals surface area contributed by atoms with Crippen LogP contribution in [-0.2, 0) is 4.79 Å². The zero-order valence-corrected chi connectivity index (χ0v) is 15.2. The minimum Gasteiger partial charge on any atom is -0.350 e. The molecule has 0 unspecified atom stereocenters. The van der Waals surface area contributed by atoms with E-state index in [9.17, 15) is 18.4 Å². The number of halogens is 2. The highest BCUT2D eigenvalue weighted by molar-refractivity contribution is 5.96. The molecule has 1 N–H and O–H groups in total. The van der Waals surface area contributed by atoms with Crippen molar-refractivity contribution in [2.24, 2.45) is 23.7 Å². The molecule has 1 aromatic carbocycles. The number of hydrogen-bond donors (Lipinski definition) is 1. The molecule has 1 aromatic rings. The van der Waals surface area contributed by atoms with Gasteiger partial charge in [0.05, 0.1) is 5.92 Å². The van der Waals surface area contributed by atoms with E-state index >= 15 is 0 Å². The molecule has 0 aromatic heterocycles. The van der Waals surface area contributed by atoms with Crippen LogP contribution in [0, 0.1) is 35.3 Å². The largest absolute Gasteiger partial charge is 0.350 e. The molecule has 5 fully saturated rings. The summed E-state index contributed by atoms with van der Waals surface area (Å²) in [5, 5.41) is 3.36. The number of hydrogen-bond acceptors (Lipinski definition) is 2. The summed E-state index contributed by atoms with van der Waals surface area (Å²) in [6, 6.07) is 3.16. The van der Waals surface area contributed by atoms with Gasteiger partial charge in [-0.25, -0.2) is 8.78 Å². The number of amides is 2. The third-order valence-electron chi connectivity index (χ3n) is 7.13. The molecule has 0 atom stereocenters. The van der Waals surface area contributed by atoms with Crippen LogP contribution >= 0.6 is 0 Å². The molecule has 4 saturated carbocycles. The van der Waals surface area contributed by atoms with Crippen molar-refractivity contribution in [2.75, 3.05) is 13.1 Å². The van der Waals surface area contributed by atoms with Gasteiger partial charge >= 0.3 is 0 Å². The second-order valence-corrected chi connectivity index (χ2v) is 9.22. The van der Waals surface area contributed by atoms with Crippen LogP contribution in [-0.4, -0.2) is 35.3 Å². The Hall–Kier alpha value is -1.98. The second-order valence-electron chi connectivity index (χ2n) is 9.22. The molecule has 4 nitrogen and oxygen atoms in total. The van der Waals surface area contributed by atoms with Crippen LogP contribution in [0.3, 0.4) is 0 Å². The highest BCUT2D eigenvalue weighted by atomic mass is 19.2. The molecule has 1 saturated heterocycles. The number of carbonyl (C=O) groups is 2. The average Bonchev–Trinajstić information content (AvgIpc) is 2.54. The van der Waals surface area contributed by atoms with Crippen molar-refractivity contribution in [3.63, 3.8) is 0 Å². The Morgan fingerprint density at radius 1 is 0.963 bits per heavy atom. The molecule has 2 amide bonds. The summed E-state index contributed by atoms with van der Waals surface area (Å²) in [6.07, 6.45) is 7.30. The lowest BCUT2D eigenvalue weighted by Crippen LogP contribution is -2.64. The van der Waals surface area contributed by atoms with Crippen LogP contribution in [0.25, 0.3) is 0 Å². The molecular weight excluding hydrogens is 350 g/mol. The van der Waals surface area contributed by atoms with Crippen molar-refractivity contribution in [1.29, 1.82) is 0 Å². The van der Waals surface area contributed by atoms with Crippen LogP contribution in [0.5, 0.6) is 0 Å². The summed E-state index contributed by atoms with van der Waals surface area (Å²) in [7, 11) is 0. The van der Waals surface area contributed by atoms with Gasteiger partial charge in [-0.3, -0.25) is 9.59 Å². The molecule has 4 bridgehead atoms. The third kappa shape index (κ3) is 2.93. The Labute approximate surface area is 157 Å². The Morgan fingerprint density at radius 3 is 2.11 bits per heavy atom. The molecule has 1 aliphatic heterocycles. The van der Waals surface area contributed by atoms with E-state index in [1.807, 2.05) is 0 Å². The standard InChI is InChI=1S/C21H24F2N2O2/c22-17-2-1-15(6-18(17)23)20(27)25-10-16(11-25)19(26)24-21-7-12-3-13(8-21)5-14(4-12)9-21/h1-2,6,12-14,16H,3-5,7-11H2,(H,24,26). The summed E-state index contributed by atoms with van der Waals surface area (Å²) >= 11 is 0. The van der Waals surface area contributed by atoms with Crippen molar-refractivity contribution in [2.45, 2.75) is 44.1 Å². The topological polar surface area (TPSA) is 49.4 Å². The first-order valence-corrected chi connectivity index (χ1v) is 9.97. The van der Waals surface area contributed by atoms with E-state index in [0.717, 1.165) is 49.1 Å². The van der Waals surface area contributed by atoms with Crippen molar-refractivity contribution < 1.29 is 18.4 Å². The fraction of sp³-hybridized carbons (Fsp3) is 0.619. The van der Waals surface area contributed by atoms with Gasteiger partial charge in [-0.15, -0.1) is 0 Å². The SMILES string of the molecule is O=C(NC12CC3CC(CC(C3)C1)C2)C1CN(C(=O)c2ccc(F)c(F)c2)C1. The van der Waals surface area contributed by atoms with Gasteiger partial charge in [-0.1, -0.05) is 0 Å². The van der Waals surface area contributed by atoms with Crippen molar-refractivity contribution in [1.82, 2.24) is 10.2 Å². The van der Waals surface area contributed by atoms with E-state index in [1.165, 1.54) is 30.2 Å². The summed E-state index contributed by atoms with van der Waals surface area (Å²) in [5.41, 5.74) is 0.102. The second kappa shape index (κ2) is 6.01. The van der Waals surface area contributed by atoms with Crippen LogP contribution in [0.15, 0.2) is 18.2 Å². The zero-order valence-electron chi connectivity index (χ0n) is 15.2. The molecule has 0 spiro atoms. The van der Waals surface area contributed by atoms with Gasteiger partial charge in [0.1, 0.15) is 0 Å². The fourth-order valence-electron chi connectivity index (χ4n) is 6.25. The first-order valence-electron chi connectivity index (χ1n) is 9.97. The quantitative estimate of drug-likeness (QED) is 0.884. The molecule has 6 rings (SSSR count). The lowest BCUT2D eigenvalue weighted by molar-refractivity contribution is -0.134. The van der Waals surface area contributed by atoms with E-state index in [4.69, 9.17) is 0 Å². The number of carbonyl (C=O) groups excluding carboxylic acids is 2. The van der Waals surface area contributed by atoms with Crippen molar-refractivity contribution in [3.8, 4) is 0 Å². The van der Waals surface area contributed by atoms with Gasteiger partial charge in [-0.2, -0.15) is 0 Å². The van der Waals surface area contributed by atoms with Gasteiger partial charge in [0.2, 0.25) is 5.91 Å². The molecule has 4 aliphatic carbocycles. The minimum atomic E-state index is -1.03. The van der Waals surface area contributed by atoms with Crippen molar-refractivity contribution >= 4 is 11.8 Å². The first kappa shape index (κ1) is 17.1. The number of nitrogens with zero attached hydrogens (tertiary/aromatic N) is 1. The van der Waals surface area contributed by atoms with Crippen LogP contribution in [0.1, 0.15) is 48.9 Å². The zero-order chi connectivity index (χ0) is 18.8. The first-order chi connectivity index (χ1) is 12.9. The number of likely N-dealkylation sites (tertiary alicyclic amines) is 1. The Kier molecular flexibility index (Phi) is 3.82. The summed E-state index contributed by atoms with van der Waals surface area (Å²) in [6.45, 7) is 0.687. The summed E-state index contributed by atoms with van der Waals surface area (Å²) in [5.74, 6) is -0.204. The van der Waals surface area contributed by atoms with E-state index in [0.29, 0.717) is 13.1 Å². The molecule has 27 heavy (non-hydrogen) atoms. The van der Waals surface area contributed by atoms with E-state index in [2.05, 4.69) is 5.32 Å². The number of nitrogens with one attached hydrogen (secondary N) is 1. The van der Waals surface area contributed by atoms with Crippen LogP contribution < -0.4 is 5.32 Å². The average molecular weight is 374 g/mol. The third-order valence-corrected chi connectivity index (χ3v) is 7.13. The maximum absolute atomic E-state index is 13.3. The van der Waals surface area contributed by atoms with Crippen LogP contribution in [0.2, 0.25) is 0 Å². The van der Waals surface area contributed by atoms with E-state index in [1.54, 1.807) is 0 Å². The Morgan fingerprint density at radius 2 is 1.56 bits per heavy atom. The normalized spacial score (nSPS) is 34.4. The summed E-state index contributed by atoms with van der Waals surface area (Å²) in [4.78, 5) is 26.7. The lowest BCUT2D eigenvalue weighted by Gasteiger charge is -2.57. The monoisotopic (exact) mass is 374 g/mol. The number of rotatable bonds is 3. The summed E-state index contributed by atoms with van der Waals surface area (Å²) < 4.78 is 26.4. The van der Waals surface area contributed by atoms with Crippen molar-refractivity contribution in [3.05, 3.63) is 35.4 Å². The fourth-order valence-corrected chi connectivity index (χ4v) is 6.25. The van der Waals surface area contributed by atoms with E-state index in [-0.39, 0.29) is 28.8 Å². The number of benzene rings is 1. The minimum absolute atomic E-state index is 0.0175. The van der Waals surface area contributed by atoms with Gasteiger partial charge in [0.25, 0.3) is 5.91 Å². The van der Waals surface area contributed by atoms with Gasteiger partial charge in [0, 0.05) is 24.2 Å². The maximum Gasteiger partial charge on any atom is 0.254 e. The van der Waals surface area contributed by atoms with Gasteiger partial charge in [-0.05, 0) is 74.5 Å². The molecular formula is C21H24F2N2O2. The highest BCUT2D eigenvalue weighted by Gasteiger charge is 2.52. The molecule has 5 aliphatic rings. The molecule has 144 valence electrons. The predicted molar refractivity (Wildman–Crippen MR) is 94.8 cm³/mol. The highest BCUT2D eigenvalue weighted by Crippen LogP contribution is 2.55. The Balaban J connectivity index is 1.19. The molecule has 1 heterocycles. The van der Waals surface area contributed by atoms with E-state index < -0.39 is 11.6 Å². The predicted octanol–water partition coefficient (Wildman–Crippen LogP) is 3.12.